The summed E-state index contributed by atoms with van der Waals surface area (Å²) in [6.07, 6.45) is 6.73. The quantitative estimate of drug-likeness (QED) is 0.750. The minimum atomic E-state index is -0.472. The molecule has 1 aromatic heterocycles. The van der Waals surface area contributed by atoms with Gasteiger partial charge in [0.1, 0.15) is 0 Å². The summed E-state index contributed by atoms with van der Waals surface area (Å²) in [7, 11) is 0. The number of hydrogen-bond acceptors (Lipinski definition) is 2. The van der Waals surface area contributed by atoms with E-state index >= 15 is 0 Å². The molecule has 19 heavy (non-hydrogen) atoms. The van der Waals surface area contributed by atoms with Gasteiger partial charge in [0, 0.05) is 22.7 Å². The van der Waals surface area contributed by atoms with Gasteiger partial charge in [-0.2, -0.15) is 0 Å². The number of H-pyrrole nitrogens is 1. The zero-order valence-electron chi connectivity index (χ0n) is 10.8. The van der Waals surface area contributed by atoms with E-state index in [1.807, 2.05) is 19.9 Å². The maximum Gasteiger partial charge on any atom is 0.252 e. The lowest BCUT2D eigenvalue weighted by molar-refractivity contribution is -0.118. The normalized spacial score (nSPS) is 23.6. The Hall–Kier alpha value is -2.36. The summed E-state index contributed by atoms with van der Waals surface area (Å²) >= 11 is 0. The van der Waals surface area contributed by atoms with Gasteiger partial charge in [-0.05, 0) is 43.7 Å². The molecule has 1 fully saturated rings. The van der Waals surface area contributed by atoms with E-state index in [0.29, 0.717) is 11.3 Å². The topological polar surface area (TPSA) is 62.0 Å². The highest BCUT2D eigenvalue weighted by Crippen LogP contribution is 2.31. The third-order valence-corrected chi connectivity index (χ3v) is 3.45. The second kappa shape index (κ2) is 4.09. The molecule has 1 unspecified atom stereocenters. The van der Waals surface area contributed by atoms with Gasteiger partial charge in [-0.3, -0.25) is 9.59 Å². The van der Waals surface area contributed by atoms with Gasteiger partial charge in [-0.1, -0.05) is 6.08 Å². The molecule has 1 aromatic rings. The van der Waals surface area contributed by atoms with Crippen LogP contribution in [0.1, 0.15) is 17.0 Å². The van der Waals surface area contributed by atoms with Gasteiger partial charge in [0.15, 0.2) is 5.78 Å². The van der Waals surface area contributed by atoms with Crippen molar-refractivity contribution in [3.63, 3.8) is 0 Å². The second-order valence-electron chi connectivity index (χ2n) is 4.92. The minimum Gasteiger partial charge on any atom is -0.359 e. The Labute approximate surface area is 110 Å². The van der Waals surface area contributed by atoms with Crippen LogP contribution >= 0.6 is 0 Å². The van der Waals surface area contributed by atoms with Gasteiger partial charge in [-0.25, -0.2) is 0 Å². The molecule has 4 heteroatoms. The Morgan fingerprint density at radius 3 is 2.74 bits per heavy atom. The number of ketones is 1. The molecule has 2 heterocycles. The summed E-state index contributed by atoms with van der Waals surface area (Å²) in [6.45, 7) is 3.94. The summed E-state index contributed by atoms with van der Waals surface area (Å²) in [5, 5.41) is 2.75. The molecule has 1 aliphatic heterocycles. The fourth-order valence-electron chi connectivity index (χ4n) is 2.57. The average molecular weight is 254 g/mol. The highest BCUT2D eigenvalue weighted by atomic mass is 16.2. The fourth-order valence-corrected chi connectivity index (χ4v) is 2.57. The zero-order chi connectivity index (χ0) is 13.6. The molecule has 96 valence electrons. The average Bonchev–Trinajstić information content (AvgIpc) is 2.82. The number of hydrogen-bond donors (Lipinski definition) is 2. The number of nitrogens with one attached hydrogen (secondary N) is 2. The predicted octanol–water partition coefficient (Wildman–Crippen LogP) is 1.78. The molecule has 0 aromatic carbocycles. The first-order valence-corrected chi connectivity index (χ1v) is 6.17. The van der Waals surface area contributed by atoms with E-state index in [9.17, 15) is 9.59 Å². The van der Waals surface area contributed by atoms with Gasteiger partial charge >= 0.3 is 0 Å². The van der Waals surface area contributed by atoms with E-state index in [2.05, 4.69) is 10.3 Å². The second-order valence-corrected chi connectivity index (χ2v) is 4.92. The smallest absolute Gasteiger partial charge is 0.252 e. The third kappa shape index (κ3) is 1.85. The van der Waals surface area contributed by atoms with Crippen LogP contribution in [-0.2, 0) is 9.59 Å². The van der Waals surface area contributed by atoms with Crippen molar-refractivity contribution in [2.75, 3.05) is 0 Å². The van der Waals surface area contributed by atoms with Crippen molar-refractivity contribution in [2.45, 2.75) is 13.8 Å². The highest BCUT2D eigenvalue weighted by molar-refractivity contribution is 6.13. The van der Waals surface area contributed by atoms with E-state index < -0.39 is 5.92 Å². The van der Waals surface area contributed by atoms with Crippen molar-refractivity contribution < 1.29 is 9.59 Å². The minimum absolute atomic E-state index is 0.0527. The Balaban J connectivity index is 2.07. The number of carbonyl (C=O) groups is 2. The summed E-state index contributed by atoms with van der Waals surface area (Å²) < 4.78 is 0. The van der Waals surface area contributed by atoms with Crippen LogP contribution in [0.4, 0.5) is 0 Å². The first kappa shape index (κ1) is 11.7. The van der Waals surface area contributed by atoms with Crippen LogP contribution in [0.2, 0.25) is 0 Å². The monoisotopic (exact) mass is 254 g/mol. The SMILES string of the molecule is Cc1cc(C)c(C=C2C(=O)NC3=CC=CC(=O)C32)[nH]1. The maximum atomic E-state index is 12.0. The van der Waals surface area contributed by atoms with Crippen molar-refractivity contribution in [3.05, 3.63) is 52.5 Å². The number of allylic oxidation sites excluding steroid dienone is 4. The zero-order valence-corrected chi connectivity index (χ0v) is 10.8. The van der Waals surface area contributed by atoms with Crippen molar-refractivity contribution in [1.29, 1.82) is 0 Å². The van der Waals surface area contributed by atoms with Crippen molar-refractivity contribution >= 4 is 17.8 Å². The molecule has 1 saturated heterocycles. The lowest BCUT2D eigenvalue weighted by Crippen LogP contribution is -2.17. The van der Waals surface area contributed by atoms with Crippen LogP contribution in [0.5, 0.6) is 0 Å². The number of aryl methyl sites for hydroxylation is 2. The van der Waals surface area contributed by atoms with Gasteiger partial charge in [-0.15, -0.1) is 0 Å². The Morgan fingerprint density at radius 2 is 2.05 bits per heavy atom. The number of aromatic amines is 1. The molecule has 2 N–H and O–H groups in total. The molecule has 1 amide bonds. The molecule has 1 atom stereocenters. The van der Waals surface area contributed by atoms with Crippen LogP contribution in [0.25, 0.3) is 6.08 Å². The van der Waals surface area contributed by atoms with Crippen LogP contribution < -0.4 is 5.32 Å². The van der Waals surface area contributed by atoms with E-state index in [1.54, 1.807) is 18.2 Å². The third-order valence-electron chi connectivity index (χ3n) is 3.45. The largest absolute Gasteiger partial charge is 0.359 e. The molecule has 2 aliphatic rings. The molecule has 1 aliphatic carbocycles. The first-order valence-electron chi connectivity index (χ1n) is 6.17. The lowest BCUT2D eigenvalue weighted by Gasteiger charge is -2.10. The number of carbonyl (C=O) groups excluding carboxylic acids is 2. The van der Waals surface area contributed by atoms with E-state index in [4.69, 9.17) is 0 Å². The Kier molecular flexibility index (Phi) is 2.52. The number of aromatic nitrogens is 1. The maximum absolute atomic E-state index is 12.0. The van der Waals surface area contributed by atoms with E-state index in [0.717, 1.165) is 17.0 Å². The standard InChI is InChI=1S/C15H14N2O2/c1-8-6-9(2)16-12(8)7-10-14-11(17-15(10)19)4-3-5-13(14)18/h3-7,14,16H,1-2H3,(H,17,19). The predicted molar refractivity (Wildman–Crippen MR) is 72.1 cm³/mol. The Morgan fingerprint density at radius 1 is 1.26 bits per heavy atom. The summed E-state index contributed by atoms with van der Waals surface area (Å²) in [5.74, 6) is -0.719. The lowest BCUT2D eigenvalue weighted by atomic mass is 9.90. The number of amides is 1. The van der Waals surface area contributed by atoms with E-state index in [-0.39, 0.29) is 11.7 Å². The van der Waals surface area contributed by atoms with Crippen molar-refractivity contribution in [3.8, 4) is 0 Å². The van der Waals surface area contributed by atoms with E-state index in [1.165, 1.54) is 6.08 Å². The number of rotatable bonds is 1. The summed E-state index contributed by atoms with van der Waals surface area (Å²) in [4.78, 5) is 27.1. The summed E-state index contributed by atoms with van der Waals surface area (Å²) in [6, 6.07) is 2.01. The molecular weight excluding hydrogens is 240 g/mol. The van der Waals surface area contributed by atoms with Gasteiger partial charge in [0.25, 0.3) is 5.91 Å². The fraction of sp³-hybridized carbons (Fsp3) is 0.200. The van der Waals surface area contributed by atoms with Crippen LogP contribution in [0, 0.1) is 19.8 Å². The molecule has 0 bridgehead atoms. The van der Waals surface area contributed by atoms with Crippen LogP contribution in [0.15, 0.2) is 35.6 Å². The highest BCUT2D eigenvalue weighted by Gasteiger charge is 2.38. The van der Waals surface area contributed by atoms with Crippen LogP contribution in [0.3, 0.4) is 0 Å². The van der Waals surface area contributed by atoms with Gasteiger partial charge in [0.2, 0.25) is 0 Å². The molecule has 3 rings (SSSR count). The van der Waals surface area contributed by atoms with Gasteiger partial charge < -0.3 is 10.3 Å². The van der Waals surface area contributed by atoms with Crippen molar-refractivity contribution in [2.24, 2.45) is 5.92 Å². The first-order chi connectivity index (χ1) is 9.06. The number of fused-ring (bicyclic) bond motifs is 1. The van der Waals surface area contributed by atoms with Crippen LogP contribution in [-0.4, -0.2) is 16.7 Å². The molecule has 0 spiro atoms. The molecule has 0 radical (unpaired) electrons. The Bertz CT molecular complexity index is 674. The van der Waals surface area contributed by atoms with Crippen molar-refractivity contribution in [1.82, 2.24) is 10.3 Å². The molecule has 4 nitrogen and oxygen atoms in total. The molecular formula is C15H14N2O2. The summed E-state index contributed by atoms with van der Waals surface area (Å²) in [5.41, 5.74) is 4.16. The molecule has 0 saturated carbocycles. The van der Waals surface area contributed by atoms with Gasteiger partial charge in [0.05, 0.1) is 5.92 Å².